The molecule has 1 spiro atoms. The predicted molar refractivity (Wildman–Crippen MR) is 228 cm³/mol. The van der Waals surface area contributed by atoms with Gasteiger partial charge in [0.15, 0.2) is 0 Å². The van der Waals surface area contributed by atoms with Gasteiger partial charge in [-0.1, -0.05) is 127 Å². The maximum atomic E-state index is 6.27. The molecule has 0 radical (unpaired) electrons. The number of rotatable bonds is 3. The molecule has 1 nitrogen and oxygen atoms in total. The van der Waals surface area contributed by atoms with Crippen molar-refractivity contribution >= 4 is 43.5 Å². The van der Waals surface area contributed by atoms with Crippen LogP contribution in [0.1, 0.15) is 43.2 Å². The molecular weight excluding hydrogens is 665 g/mol. The van der Waals surface area contributed by atoms with Crippen molar-refractivity contribution in [3.8, 4) is 44.5 Å². The van der Waals surface area contributed by atoms with Crippen LogP contribution in [0, 0.1) is 23.7 Å². The van der Waals surface area contributed by atoms with E-state index in [1.165, 1.54) is 109 Å². The summed E-state index contributed by atoms with van der Waals surface area (Å²) in [6, 6.07) is 59.6. The number of benzene rings is 8. The van der Waals surface area contributed by atoms with Crippen LogP contribution >= 0.6 is 0 Å². The van der Waals surface area contributed by atoms with Gasteiger partial charge in [0.1, 0.15) is 11.2 Å². The Balaban J connectivity index is 1.05. The molecule has 1 heterocycles. The molecule has 9 aromatic rings. The standard InChI is InChI=1S/C54H40O/c1-2-10-34(11-3-1)35-18-21-40-41-22-19-37(31-49(41)54(48(40)30-35)38-25-32-24-33(27-38)28-39(54)26-32)53-45-15-6-4-13-43(45)52(44-14-5-7-16-46(44)53)36-20-23-51-47(29-36)42-12-8-9-17-50(42)55-51/h1-23,29-33,38-39H,24-28H2. The highest BCUT2D eigenvalue weighted by molar-refractivity contribution is 6.22. The summed E-state index contributed by atoms with van der Waals surface area (Å²) in [6.45, 7) is 0. The van der Waals surface area contributed by atoms with Crippen LogP contribution in [0.15, 0.2) is 162 Å². The number of hydrogen-bond acceptors (Lipinski definition) is 1. The first-order valence-electron chi connectivity index (χ1n) is 20.4. The van der Waals surface area contributed by atoms with E-state index in [0.717, 1.165) is 23.0 Å². The molecular formula is C54H40O. The van der Waals surface area contributed by atoms with Crippen molar-refractivity contribution in [1.29, 1.82) is 0 Å². The van der Waals surface area contributed by atoms with E-state index in [9.17, 15) is 0 Å². The van der Waals surface area contributed by atoms with Gasteiger partial charge in [0.05, 0.1) is 0 Å². The zero-order chi connectivity index (χ0) is 35.8. The monoisotopic (exact) mass is 704 g/mol. The second kappa shape index (κ2) is 11.1. The minimum atomic E-state index is 0.0766. The highest BCUT2D eigenvalue weighted by Gasteiger charge is 2.61. The molecule has 0 amide bonds. The van der Waals surface area contributed by atoms with Gasteiger partial charge in [0.25, 0.3) is 0 Å². The fourth-order valence-electron chi connectivity index (χ4n) is 12.8. The van der Waals surface area contributed by atoms with Gasteiger partial charge in [0.2, 0.25) is 0 Å². The predicted octanol–water partition coefficient (Wildman–Crippen LogP) is 14.6. The molecule has 4 fully saturated rings. The number of fused-ring (bicyclic) bond motifs is 8. The largest absolute Gasteiger partial charge is 0.456 e. The molecule has 4 bridgehead atoms. The zero-order valence-corrected chi connectivity index (χ0v) is 30.8. The SMILES string of the molecule is c1ccc(-c2ccc3c(c2)C2(c4cc(-c5c6ccccc6c(-c6ccc7oc8ccccc8c7c6)c6ccccc56)ccc4-3)C3CC4CC(C3)CC2C4)cc1. The molecule has 0 N–H and O–H groups in total. The maximum absolute atomic E-state index is 6.27. The normalized spacial score (nSPS) is 23.3. The van der Waals surface area contributed by atoms with Gasteiger partial charge >= 0.3 is 0 Å². The van der Waals surface area contributed by atoms with Gasteiger partial charge in [-0.3, -0.25) is 0 Å². The Kier molecular flexibility index (Phi) is 6.13. The molecule has 8 aromatic carbocycles. The van der Waals surface area contributed by atoms with Crippen LogP contribution in [-0.4, -0.2) is 0 Å². The Morgan fingerprint density at radius 1 is 0.364 bits per heavy atom. The number of hydrogen-bond donors (Lipinski definition) is 0. The maximum Gasteiger partial charge on any atom is 0.135 e. The molecule has 14 rings (SSSR count). The third-order valence-electron chi connectivity index (χ3n) is 14.6. The number of furan rings is 1. The van der Waals surface area contributed by atoms with Gasteiger partial charge in [0, 0.05) is 16.2 Å². The molecule has 0 unspecified atom stereocenters. The molecule has 5 aliphatic rings. The van der Waals surface area contributed by atoms with Crippen LogP contribution in [0.2, 0.25) is 0 Å². The summed E-state index contributed by atoms with van der Waals surface area (Å²) in [4.78, 5) is 0. The second-order valence-corrected chi connectivity index (χ2v) is 17.2. The highest BCUT2D eigenvalue weighted by atomic mass is 16.3. The van der Waals surface area contributed by atoms with E-state index >= 15 is 0 Å². The minimum Gasteiger partial charge on any atom is -0.456 e. The van der Waals surface area contributed by atoms with Crippen LogP contribution in [-0.2, 0) is 5.41 Å². The lowest BCUT2D eigenvalue weighted by Crippen LogP contribution is -2.55. The van der Waals surface area contributed by atoms with Gasteiger partial charge in [-0.2, -0.15) is 0 Å². The van der Waals surface area contributed by atoms with E-state index in [2.05, 4.69) is 158 Å². The molecule has 4 saturated carbocycles. The van der Waals surface area contributed by atoms with E-state index in [-0.39, 0.29) is 5.41 Å². The molecule has 1 aromatic heterocycles. The lowest BCUT2D eigenvalue weighted by atomic mass is 9.43. The smallest absolute Gasteiger partial charge is 0.135 e. The average molecular weight is 705 g/mol. The first kappa shape index (κ1) is 30.4. The third-order valence-corrected chi connectivity index (χ3v) is 14.6. The second-order valence-electron chi connectivity index (χ2n) is 17.2. The van der Waals surface area contributed by atoms with Crippen LogP contribution in [0.5, 0.6) is 0 Å². The summed E-state index contributed by atoms with van der Waals surface area (Å²) in [7, 11) is 0. The summed E-state index contributed by atoms with van der Waals surface area (Å²) < 4.78 is 6.27. The molecule has 0 atom stereocenters. The fraction of sp³-hybridized carbons (Fsp3) is 0.185. The highest BCUT2D eigenvalue weighted by Crippen LogP contribution is 2.70. The topological polar surface area (TPSA) is 13.1 Å². The first-order valence-corrected chi connectivity index (χ1v) is 20.4. The summed E-state index contributed by atoms with van der Waals surface area (Å²) in [6.07, 6.45) is 6.97. The van der Waals surface area contributed by atoms with Crippen LogP contribution < -0.4 is 0 Å². The van der Waals surface area contributed by atoms with Crippen molar-refractivity contribution in [3.05, 3.63) is 169 Å². The van der Waals surface area contributed by atoms with Crippen LogP contribution in [0.25, 0.3) is 88.0 Å². The van der Waals surface area contributed by atoms with Crippen molar-refractivity contribution < 1.29 is 4.42 Å². The Morgan fingerprint density at radius 2 is 0.836 bits per heavy atom. The van der Waals surface area contributed by atoms with Crippen LogP contribution in [0.4, 0.5) is 0 Å². The lowest BCUT2D eigenvalue weighted by molar-refractivity contribution is -0.0399. The van der Waals surface area contributed by atoms with E-state index in [0.29, 0.717) is 11.8 Å². The summed E-state index contributed by atoms with van der Waals surface area (Å²) in [5.41, 5.74) is 16.0. The van der Waals surface area contributed by atoms with Crippen molar-refractivity contribution in [2.75, 3.05) is 0 Å². The van der Waals surface area contributed by atoms with Crippen LogP contribution in [0.3, 0.4) is 0 Å². The summed E-state index contributed by atoms with van der Waals surface area (Å²) >= 11 is 0. The van der Waals surface area contributed by atoms with E-state index in [4.69, 9.17) is 4.42 Å². The Morgan fingerprint density at radius 3 is 1.45 bits per heavy atom. The van der Waals surface area contributed by atoms with E-state index in [1.807, 2.05) is 0 Å². The third kappa shape index (κ3) is 4.09. The van der Waals surface area contributed by atoms with Gasteiger partial charge < -0.3 is 4.42 Å². The molecule has 262 valence electrons. The summed E-state index contributed by atoms with van der Waals surface area (Å²) in [5.74, 6) is 3.21. The molecule has 0 saturated heterocycles. The summed E-state index contributed by atoms with van der Waals surface area (Å²) in [5, 5.41) is 7.55. The Hall–Kier alpha value is -5.92. The molecule has 0 aliphatic heterocycles. The van der Waals surface area contributed by atoms with E-state index < -0.39 is 0 Å². The van der Waals surface area contributed by atoms with Gasteiger partial charge in [-0.15, -0.1) is 0 Å². The number of para-hydroxylation sites is 1. The van der Waals surface area contributed by atoms with Crippen molar-refractivity contribution in [1.82, 2.24) is 0 Å². The molecule has 5 aliphatic carbocycles. The minimum absolute atomic E-state index is 0.0766. The van der Waals surface area contributed by atoms with Crippen molar-refractivity contribution in [2.45, 2.75) is 37.5 Å². The van der Waals surface area contributed by atoms with Gasteiger partial charge in [-0.25, -0.2) is 0 Å². The van der Waals surface area contributed by atoms with Gasteiger partial charge in [-0.05, 0) is 163 Å². The van der Waals surface area contributed by atoms with E-state index in [1.54, 1.807) is 11.1 Å². The van der Waals surface area contributed by atoms with Crippen molar-refractivity contribution in [2.24, 2.45) is 23.7 Å². The first-order chi connectivity index (χ1) is 27.2. The zero-order valence-electron chi connectivity index (χ0n) is 30.8. The average Bonchev–Trinajstić information content (AvgIpc) is 3.74. The quantitative estimate of drug-likeness (QED) is 0.167. The molecule has 55 heavy (non-hydrogen) atoms. The Bertz CT molecular complexity index is 2970. The molecule has 1 heteroatoms. The lowest BCUT2D eigenvalue weighted by Gasteiger charge is -2.61. The Labute approximate surface area is 321 Å². The van der Waals surface area contributed by atoms with Crippen molar-refractivity contribution in [3.63, 3.8) is 0 Å². The fourth-order valence-corrected chi connectivity index (χ4v) is 12.8.